The zero-order chi connectivity index (χ0) is 26.7. The van der Waals surface area contributed by atoms with Crippen molar-refractivity contribution in [1.82, 2.24) is 10.2 Å². The van der Waals surface area contributed by atoms with Crippen LogP contribution in [-0.4, -0.2) is 43.8 Å². The number of carbonyl (C=O) groups excluding carboxylic acids is 2. The summed E-state index contributed by atoms with van der Waals surface area (Å²) in [5.74, 6) is -0.435. The molecular formula is C28H32ClN3O4S. The van der Waals surface area contributed by atoms with Gasteiger partial charge in [0.25, 0.3) is 10.0 Å². The Hall–Kier alpha value is -3.10. The zero-order valence-electron chi connectivity index (χ0n) is 21.3. The van der Waals surface area contributed by atoms with Crippen LogP contribution in [0.15, 0.2) is 65.6 Å². The summed E-state index contributed by atoms with van der Waals surface area (Å²) in [7, 11) is -3.68. The van der Waals surface area contributed by atoms with Crippen molar-refractivity contribution in [2.75, 3.05) is 10.8 Å². The number of hydrogen-bond acceptors (Lipinski definition) is 4. The third-order valence-corrected chi connectivity index (χ3v) is 8.98. The van der Waals surface area contributed by atoms with Gasteiger partial charge in [-0.1, -0.05) is 54.9 Å². The molecule has 0 radical (unpaired) electrons. The Morgan fingerprint density at radius 2 is 1.70 bits per heavy atom. The maximum absolute atomic E-state index is 13.4. The van der Waals surface area contributed by atoms with E-state index in [1.54, 1.807) is 42.2 Å². The molecule has 0 bridgehead atoms. The quantitative estimate of drug-likeness (QED) is 0.386. The Balaban J connectivity index is 1.49. The summed E-state index contributed by atoms with van der Waals surface area (Å²) < 4.78 is 27.9. The molecule has 2 amide bonds. The van der Waals surface area contributed by atoms with E-state index in [-0.39, 0.29) is 37.4 Å². The predicted octanol–water partition coefficient (Wildman–Crippen LogP) is 5.11. The summed E-state index contributed by atoms with van der Waals surface area (Å²) in [5, 5.41) is 5.13. The minimum absolute atomic E-state index is 0.00727. The monoisotopic (exact) mass is 541 g/mol. The van der Waals surface area contributed by atoms with Gasteiger partial charge < -0.3 is 10.2 Å². The minimum Gasteiger partial charge on any atom is -0.352 e. The summed E-state index contributed by atoms with van der Waals surface area (Å²) in [4.78, 5) is 28.1. The molecular weight excluding hydrogens is 510 g/mol. The van der Waals surface area contributed by atoms with Crippen LogP contribution in [0.2, 0.25) is 5.02 Å². The van der Waals surface area contributed by atoms with Crippen molar-refractivity contribution < 1.29 is 18.0 Å². The topological polar surface area (TPSA) is 86.8 Å². The molecule has 2 atom stereocenters. The van der Waals surface area contributed by atoms with Gasteiger partial charge in [-0.05, 0) is 61.9 Å². The van der Waals surface area contributed by atoms with Crippen LogP contribution in [0.25, 0.3) is 10.8 Å². The molecule has 3 aromatic rings. The Kier molecular flexibility index (Phi) is 8.09. The minimum atomic E-state index is -3.68. The molecule has 0 aromatic heterocycles. The molecule has 1 N–H and O–H groups in total. The Bertz CT molecular complexity index is 1400. The van der Waals surface area contributed by atoms with E-state index in [0.29, 0.717) is 22.0 Å². The van der Waals surface area contributed by atoms with E-state index in [4.69, 9.17) is 11.6 Å². The normalized spacial score (nSPS) is 15.4. The molecule has 37 heavy (non-hydrogen) atoms. The average Bonchev–Trinajstić information content (AvgIpc) is 3.10. The number of amides is 2. The van der Waals surface area contributed by atoms with E-state index in [1.807, 2.05) is 44.2 Å². The summed E-state index contributed by atoms with van der Waals surface area (Å²) in [5.41, 5.74) is 1.49. The fraction of sp³-hybridized carbons (Fsp3) is 0.357. The molecule has 1 heterocycles. The summed E-state index contributed by atoms with van der Waals surface area (Å²) >= 11 is 6.01. The van der Waals surface area contributed by atoms with Crippen LogP contribution < -0.4 is 9.62 Å². The average molecular weight is 542 g/mol. The molecule has 196 valence electrons. The van der Waals surface area contributed by atoms with E-state index < -0.39 is 16.1 Å². The van der Waals surface area contributed by atoms with Crippen LogP contribution in [0.1, 0.15) is 45.6 Å². The predicted molar refractivity (Wildman–Crippen MR) is 147 cm³/mol. The Morgan fingerprint density at radius 3 is 2.38 bits per heavy atom. The van der Waals surface area contributed by atoms with Crippen molar-refractivity contribution in [3.8, 4) is 0 Å². The summed E-state index contributed by atoms with van der Waals surface area (Å²) in [6.45, 7) is 6.04. The molecule has 1 aliphatic heterocycles. The summed E-state index contributed by atoms with van der Waals surface area (Å²) in [6.07, 6.45) is 1.20. The highest BCUT2D eigenvalue weighted by molar-refractivity contribution is 7.93. The Labute approximate surface area is 223 Å². The maximum atomic E-state index is 13.4. The lowest BCUT2D eigenvalue weighted by Crippen LogP contribution is -2.49. The van der Waals surface area contributed by atoms with Crippen LogP contribution in [0.4, 0.5) is 5.69 Å². The maximum Gasteiger partial charge on any atom is 0.265 e. The van der Waals surface area contributed by atoms with Gasteiger partial charge in [-0.3, -0.25) is 13.9 Å². The van der Waals surface area contributed by atoms with E-state index in [2.05, 4.69) is 5.32 Å². The lowest BCUT2D eigenvalue weighted by atomic mass is 10.1. The number of carbonyl (C=O) groups is 2. The third kappa shape index (κ3) is 5.60. The van der Waals surface area contributed by atoms with Crippen molar-refractivity contribution in [3.05, 3.63) is 71.2 Å². The third-order valence-electron chi connectivity index (χ3n) is 6.87. The van der Waals surface area contributed by atoms with Gasteiger partial charge in [-0.25, -0.2) is 8.42 Å². The number of hydrogen-bond donors (Lipinski definition) is 1. The second-order valence-electron chi connectivity index (χ2n) is 9.45. The first-order chi connectivity index (χ1) is 17.6. The van der Waals surface area contributed by atoms with Gasteiger partial charge in [-0.15, -0.1) is 0 Å². The van der Waals surface area contributed by atoms with Gasteiger partial charge in [0.1, 0.15) is 6.04 Å². The molecule has 9 heteroatoms. The molecule has 3 aromatic carbocycles. The van der Waals surface area contributed by atoms with Crippen LogP contribution in [0, 0.1) is 0 Å². The first-order valence-corrected chi connectivity index (χ1v) is 14.3. The van der Waals surface area contributed by atoms with Crippen LogP contribution in [0.5, 0.6) is 0 Å². The standard InChI is InChI=1S/C28H32ClN3O4S/c1-4-19(2)30-28(34)20(3)31(18-21-13-15-23(29)16-14-21)26(33)12-7-17-32-24-10-5-8-22-9-6-11-25(27(22)24)37(32,35)36/h5-6,8-11,13-16,19-20H,4,7,12,17-18H2,1-3H3,(H,30,34). The second kappa shape index (κ2) is 11.1. The van der Waals surface area contributed by atoms with E-state index in [1.165, 1.54) is 4.31 Å². The fourth-order valence-corrected chi connectivity index (χ4v) is 6.43. The molecule has 0 saturated carbocycles. The van der Waals surface area contributed by atoms with Crippen molar-refractivity contribution in [1.29, 1.82) is 0 Å². The van der Waals surface area contributed by atoms with Crippen LogP contribution in [0.3, 0.4) is 0 Å². The highest BCUT2D eigenvalue weighted by Gasteiger charge is 2.35. The highest BCUT2D eigenvalue weighted by atomic mass is 35.5. The van der Waals surface area contributed by atoms with E-state index in [0.717, 1.165) is 22.8 Å². The highest BCUT2D eigenvalue weighted by Crippen LogP contribution is 2.42. The summed E-state index contributed by atoms with van der Waals surface area (Å²) in [6, 6.07) is 17.3. The van der Waals surface area contributed by atoms with Gasteiger partial charge in [-0.2, -0.15) is 0 Å². The first kappa shape index (κ1) is 26.9. The number of halogens is 1. The lowest BCUT2D eigenvalue weighted by molar-refractivity contribution is -0.140. The SMILES string of the molecule is CCC(C)NC(=O)C(C)N(Cc1ccc(Cl)cc1)C(=O)CCCN1c2cccc3cccc(c23)S1(=O)=O. The molecule has 0 saturated heterocycles. The van der Waals surface area contributed by atoms with Gasteiger partial charge >= 0.3 is 0 Å². The number of benzene rings is 3. The molecule has 4 rings (SSSR count). The van der Waals surface area contributed by atoms with E-state index in [9.17, 15) is 18.0 Å². The molecule has 2 unspecified atom stereocenters. The molecule has 0 spiro atoms. The number of sulfonamides is 1. The van der Waals surface area contributed by atoms with Crippen molar-refractivity contribution in [2.24, 2.45) is 0 Å². The first-order valence-electron chi connectivity index (χ1n) is 12.5. The number of nitrogens with zero attached hydrogens (tertiary/aromatic N) is 2. The van der Waals surface area contributed by atoms with Gasteiger partial charge in [0.05, 0.1) is 10.6 Å². The van der Waals surface area contributed by atoms with Gasteiger partial charge in [0.15, 0.2) is 0 Å². The van der Waals surface area contributed by atoms with E-state index >= 15 is 0 Å². The second-order valence-corrected chi connectivity index (χ2v) is 11.7. The Morgan fingerprint density at radius 1 is 1.03 bits per heavy atom. The zero-order valence-corrected chi connectivity index (χ0v) is 22.8. The number of nitrogens with one attached hydrogen (secondary N) is 1. The fourth-order valence-electron chi connectivity index (χ4n) is 4.55. The van der Waals surface area contributed by atoms with Gasteiger partial charge in [0.2, 0.25) is 11.8 Å². The number of anilines is 1. The largest absolute Gasteiger partial charge is 0.352 e. The molecule has 0 aliphatic carbocycles. The van der Waals surface area contributed by atoms with Crippen LogP contribution in [-0.2, 0) is 26.2 Å². The van der Waals surface area contributed by atoms with Crippen LogP contribution >= 0.6 is 11.6 Å². The smallest absolute Gasteiger partial charge is 0.265 e. The molecule has 7 nitrogen and oxygen atoms in total. The van der Waals surface area contributed by atoms with Gasteiger partial charge in [0, 0.05) is 36.0 Å². The van der Waals surface area contributed by atoms with Crippen molar-refractivity contribution >= 4 is 49.9 Å². The van der Waals surface area contributed by atoms with Crippen molar-refractivity contribution in [3.63, 3.8) is 0 Å². The molecule has 1 aliphatic rings. The lowest BCUT2D eigenvalue weighted by Gasteiger charge is -2.30. The molecule has 0 fully saturated rings. The number of rotatable bonds is 10. The van der Waals surface area contributed by atoms with Crippen molar-refractivity contribution in [2.45, 2.75) is 63.6 Å².